The number of amides is 1. The van der Waals surface area contributed by atoms with Gasteiger partial charge in [0.25, 0.3) is 0 Å². The van der Waals surface area contributed by atoms with Crippen molar-refractivity contribution in [2.24, 2.45) is 5.73 Å². The van der Waals surface area contributed by atoms with Gasteiger partial charge in [-0.1, -0.05) is 0 Å². The lowest BCUT2D eigenvalue weighted by atomic mass is 9.99. The van der Waals surface area contributed by atoms with Crippen molar-refractivity contribution in [1.29, 1.82) is 0 Å². The minimum absolute atomic E-state index is 0.497. The molecule has 1 aliphatic heterocycles. The van der Waals surface area contributed by atoms with Crippen LogP contribution in [-0.4, -0.2) is 70.3 Å². The van der Waals surface area contributed by atoms with E-state index in [4.69, 9.17) is 20.3 Å². The second-order valence-corrected chi connectivity index (χ2v) is 3.47. The summed E-state index contributed by atoms with van der Waals surface area (Å²) in [5.41, 5.74) is 4.82. The Morgan fingerprint density at radius 3 is 2.38 bits per heavy atom. The highest BCUT2D eigenvalue weighted by Crippen LogP contribution is 2.21. The molecule has 0 aromatic rings. The third kappa shape index (κ3) is 2.88. The van der Waals surface area contributed by atoms with Crippen molar-refractivity contribution >= 4 is 5.91 Å². The Hall–Kier alpha value is -0.770. The summed E-state index contributed by atoms with van der Waals surface area (Å²) in [6.07, 6.45) is -6.87. The van der Waals surface area contributed by atoms with E-state index in [1.165, 1.54) is 0 Å². The van der Waals surface area contributed by atoms with Crippen LogP contribution in [0.2, 0.25) is 0 Å². The van der Waals surface area contributed by atoms with Gasteiger partial charge in [0.05, 0.1) is 6.61 Å². The van der Waals surface area contributed by atoms with Crippen LogP contribution >= 0.6 is 0 Å². The van der Waals surface area contributed by atoms with Crippen LogP contribution in [0.4, 0.5) is 0 Å². The van der Waals surface area contributed by atoms with Crippen LogP contribution in [0.3, 0.4) is 0 Å². The molecule has 1 aliphatic rings. The number of carbonyl (C=O) groups is 1. The highest BCUT2D eigenvalue weighted by Gasteiger charge is 2.44. The number of ether oxygens (including phenoxy) is 2. The largest absolute Gasteiger partial charge is 0.394 e. The molecule has 8 nitrogen and oxygen atoms in total. The maximum atomic E-state index is 10.4. The maximum Gasteiger partial charge on any atom is 0.243 e. The number of rotatable bonds is 4. The molecule has 6 N–H and O–H groups in total. The van der Waals surface area contributed by atoms with Crippen molar-refractivity contribution in [3.05, 3.63) is 0 Å². The molecule has 3 unspecified atom stereocenters. The Balaban J connectivity index is 2.60. The summed E-state index contributed by atoms with van der Waals surface area (Å²) in [6, 6.07) is 0. The minimum Gasteiger partial charge on any atom is -0.394 e. The van der Waals surface area contributed by atoms with Gasteiger partial charge < -0.3 is 35.6 Å². The van der Waals surface area contributed by atoms with Crippen molar-refractivity contribution in [3.63, 3.8) is 0 Å². The molecule has 1 amide bonds. The zero-order valence-electron chi connectivity index (χ0n) is 8.39. The van der Waals surface area contributed by atoms with Crippen molar-refractivity contribution in [2.45, 2.75) is 30.7 Å². The number of aliphatic hydroxyl groups excluding tert-OH is 4. The number of hydrogen-bond acceptors (Lipinski definition) is 7. The summed E-state index contributed by atoms with van der Waals surface area (Å²) >= 11 is 0. The summed E-state index contributed by atoms with van der Waals surface area (Å²) in [7, 11) is 0. The first-order chi connectivity index (χ1) is 7.47. The van der Waals surface area contributed by atoms with Gasteiger partial charge in [0, 0.05) is 0 Å². The fourth-order valence-corrected chi connectivity index (χ4v) is 1.37. The number of hydrogen-bond donors (Lipinski definition) is 5. The van der Waals surface area contributed by atoms with Crippen LogP contribution in [0.15, 0.2) is 0 Å². The Kier molecular flexibility index (Phi) is 4.59. The van der Waals surface area contributed by atoms with E-state index in [-0.39, 0.29) is 0 Å². The van der Waals surface area contributed by atoms with Gasteiger partial charge in [-0.05, 0) is 0 Å². The van der Waals surface area contributed by atoms with Gasteiger partial charge in [-0.3, -0.25) is 4.79 Å². The van der Waals surface area contributed by atoms with Crippen LogP contribution in [0.5, 0.6) is 0 Å². The second-order valence-electron chi connectivity index (χ2n) is 3.47. The Morgan fingerprint density at radius 2 is 1.88 bits per heavy atom. The Bertz CT molecular complexity index is 247. The molecular weight excluding hydrogens is 222 g/mol. The number of primary amides is 1. The Labute approximate surface area is 91.2 Å². The fourth-order valence-electron chi connectivity index (χ4n) is 1.37. The molecule has 5 atom stereocenters. The summed E-state index contributed by atoms with van der Waals surface area (Å²) in [5, 5.41) is 37.0. The SMILES string of the molecule is NC(=O)CO[C@@H]1OC(CO)[C@H](O)C(O)C1O. The van der Waals surface area contributed by atoms with Crippen LogP contribution in [0.25, 0.3) is 0 Å². The zero-order chi connectivity index (χ0) is 12.3. The molecule has 0 aliphatic carbocycles. The third-order valence-electron chi connectivity index (χ3n) is 2.24. The molecule has 0 saturated carbocycles. The zero-order valence-corrected chi connectivity index (χ0v) is 8.39. The summed E-state index contributed by atoms with van der Waals surface area (Å²) in [4.78, 5) is 10.4. The van der Waals surface area contributed by atoms with E-state index in [1.807, 2.05) is 0 Å². The summed E-state index contributed by atoms with van der Waals surface area (Å²) < 4.78 is 9.72. The smallest absolute Gasteiger partial charge is 0.243 e. The lowest BCUT2D eigenvalue weighted by molar-refractivity contribution is -0.299. The van der Waals surface area contributed by atoms with E-state index < -0.39 is 49.8 Å². The molecule has 16 heavy (non-hydrogen) atoms. The van der Waals surface area contributed by atoms with Crippen LogP contribution in [0.1, 0.15) is 0 Å². The van der Waals surface area contributed by atoms with Gasteiger partial charge in [-0.25, -0.2) is 0 Å². The molecule has 94 valence electrons. The molecule has 0 radical (unpaired) electrons. The molecular formula is C8H15NO7. The third-order valence-corrected chi connectivity index (χ3v) is 2.24. The maximum absolute atomic E-state index is 10.4. The van der Waals surface area contributed by atoms with Gasteiger partial charge >= 0.3 is 0 Å². The average molecular weight is 237 g/mol. The molecule has 1 saturated heterocycles. The van der Waals surface area contributed by atoms with Crippen LogP contribution < -0.4 is 5.73 Å². The summed E-state index contributed by atoms with van der Waals surface area (Å²) in [6.45, 7) is -1.05. The van der Waals surface area contributed by atoms with E-state index in [9.17, 15) is 20.1 Å². The summed E-state index contributed by atoms with van der Waals surface area (Å²) in [5.74, 6) is -0.767. The van der Waals surface area contributed by atoms with Gasteiger partial charge in [-0.15, -0.1) is 0 Å². The molecule has 1 rings (SSSR count). The standard InChI is InChI=1S/C8H15NO7/c9-4(11)2-15-8-7(14)6(13)5(12)3(1-10)16-8/h3,5-8,10,12-14H,1-2H2,(H2,9,11)/t3?,5-,6?,7?,8+/m0/s1. The second kappa shape index (κ2) is 5.53. The minimum atomic E-state index is -1.52. The predicted octanol–water partition coefficient (Wildman–Crippen LogP) is -3.71. The van der Waals surface area contributed by atoms with Crippen molar-refractivity contribution in [2.75, 3.05) is 13.2 Å². The normalized spacial score (nSPS) is 39.6. The lowest BCUT2D eigenvalue weighted by Gasteiger charge is -2.39. The van der Waals surface area contributed by atoms with Gasteiger partial charge in [0.1, 0.15) is 31.0 Å². The molecule has 1 fully saturated rings. The van der Waals surface area contributed by atoms with Crippen molar-refractivity contribution < 1.29 is 34.7 Å². The molecule has 0 aromatic heterocycles. The number of nitrogens with two attached hydrogens (primary N) is 1. The predicted molar refractivity (Wildman–Crippen MR) is 48.9 cm³/mol. The number of carbonyl (C=O) groups excluding carboxylic acids is 1. The quantitative estimate of drug-likeness (QED) is 0.338. The van der Waals surface area contributed by atoms with E-state index in [1.54, 1.807) is 0 Å². The van der Waals surface area contributed by atoms with E-state index >= 15 is 0 Å². The highest BCUT2D eigenvalue weighted by molar-refractivity contribution is 5.74. The molecule has 1 heterocycles. The highest BCUT2D eigenvalue weighted by atomic mass is 16.7. The monoisotopic (exact) mass is 237 g/mol. The van der Waals surface area contributed by atoms with E-state index in [0.29, 0.717) is 0 Å². The van der Waals surface area contributed by atoms with Crippen molar-refractivity contribution in [3.8, 4) is 0 Å². The molecule has 0 spiro atoms. The topological polar surface area (TPSA) is 142 Å². The molecule has 0 bridgehead atoms. The van der Waals surface area contributed by atoms with E-state index in [2.05, 4.69) is 0 Å². The average Bonchev–Trinajstić information content (AvgIpc) is 2.25. The van der Waals surface area contributed by atoms with Gasteiger partial charge in [0.2, 0.25) is 5.91 Å². The Morgan fingerprint density at radius 1 is 1.25 bits per heavy atom. The number of aliphatic hydroxyl groups is 4. The van der Waals surface area contributed by atoms with Gasteiger partial charge in [-0.2, -0.15) is 0 Å². The lowest BCUT2D eigenvalue weighted by Crippen LogP contribution is -2.59. The molecule has 0 aromatic carbocycles. The first kappa shape index (κ1) is 13.3. The van der Waals surface area contributed by atoms with Crippen LogP contribution in [0, 0.1) is 0 Å². The fraction of sp³-hybridized carbons (Fsp3) is 0.875. The van der Waals surface area contributed by atoms with Crippen LogP contribution in [-0.2, 0) is 14.3 Å². The molecule has 8 heteroatoms. The van der Waals surface area contributed by atoms with Gasteiger partial charge in [0.15, 0.2) is 6.29 Å². The first-order valence-corrected chi connectivity index (χ1v) is 4.67. The first-order valence-electron chi connectivity index (χ1n) is 4.67. The van der Waals surface area contributed by atoms with E-state index in [0.717, 1.165) is 0 Å². The van der Waals surface area contributed by atoms with Crippen molar-refractivity contribution in [1.82, 2.24) is 0 Å².